The molecule has 1 aliphatic rings. The molecule has 4 nitrogen and oxygen atoms in total. The summed E-state index contributed by atoms with van der Waals surface area (Å²) in [5.41, 5.74) is 6.31. The van der Waals surface area contributed by atoms with Gasteiger partial charge in [-0.15, -0.1) is 0 Å². The van der Waals surface area contributed by atoms with Crippen molar-refractivity contribution in [2.45, 2.75) is 44.6 Å². The van der Waals surface area contributed by atoms with Gasteiger partial charge >= 0.3 is 5.97 Å². The van der Waals surface area contributed by atoms with Gasteiger partial charge in [-0.3, -0.25) is 0 Å². The predicted molar refractivity (Wildman–Crippen MR) is 65.6 cm³/mol. The van der Waals surface area contributed by atoms with E-state index in [1.165, 1.54) is 12.8 Å². The Kier molecular flexibility index (Phi) is 3.96. The first-order chi connectivity index (χ1) is 8.27. The Hall–Kier alpha value is -1.58. The number of nitrogens with two attached hydrogens (primary N) is 1. The Morgan fingerprint density at radius 2 is 2.00 bits per heavy atom. The van der Waals surface area contributed by atoms with E-state index in [0.29, 0.717) is 5.69 Å². The molecule has 0 amide bonds. The number of nitrogens with zero attached hydrogens (tertiary/aromatic N) is 1. The molecular weight excluding hydrogens is 216 g/mol. The highest BCUT2D eigenvalue weighted by Gasteiger charge is 2.19. The molecule has 1 saturated carbocycles. The van der Waals surface area contributed by atoms with Crippen molar-refractivity contribution in [3.63, 3.8) is 0 Å². The maximum absolute atomic E-state index is 11.9. The Labute approximate surface area is 101 Å². The molecule has 1 aliphatic carbocycles. The summed E-state index contributed by atoms with van der Waals surface area (Å²) in [7, 11) is 0. The second-order valence-electron chi connectivity index (χ2n) is 4.46. The lowest BCUT2D eigenvalue weighted by molar-refractivity contribution is 0.0262. The molecule has 1 fully saturated rings. The molecule has 0 aromatic carbocycles. The number of carbonyl (C=O) groups is 1. The Morgan fingerprint density at radius 1 is 1.29 bits per heavy atom. The van der Waals surface area contributed by atoms with Gasteiger partial charge in [-0.2, -0.15) is 0 Å². The van der Waals surface area contributed by atoms with Crippen LogP contribution in [0.15, 0.2) is 18.3 Å². The minimum atomic E-state index is -0.394. The lowest BCUT2D eigenvalue weighted by Crippen LogP contribution is -2.19. The smallest absolute Gasteiger partial charge is 0.359 e. The van der Waals surface area contributed by atoms with Crippen molar-refractivity contribution in [3.8, 4) is 0 Å². The minimum absolute atomic E-state index is 0.0337. The maximum atomic E-state index is 11.9. The van der Waals surface area contributed by atoms with Crippen LogP contribution < -0.4 is 5.73 Å². The first kappa shape index (κ1) is 11.9. The van der Waals surface area contributed by atoms with Crippen molar-refractivity contribution < 1.29 is 9.53 Å². The fourth-order valence-electron chi connectivity index (χ4n) is 2.16. The summed E-state index contributed by atoms with van der Waals surface area (Å²) < 4.78 is 5.46. The number of esters is 1. The van der Waals surface area contributed by atoms with E-state index in [1.807, 2.05) is 0 Å². The number of hydrogen-bond acceptors (Lipinski definition) is 4. The van der Waals surface area contributed by atoms with Crippen molar-refractivity contribution in [2.75, 3.05) is 5.73 Å². The number of anilines is 1. The largest absolute Gasteiger partial charge is 0.458 e. The second-order valence-corrected chi connectivity index (χ2v) is 4.46. The van der Waals surface area contributed by atoms with Crippen LogP contribution in [0, 0.1) is 0 Å². The van der Waals surface area contributed by atoms with Crippen molar-refractivity contribution >= 4 is 11.7 Å². The molecule has 0 aliphatic heterocycles. The molecule has 0 atom stereocenters. The fraction of sp³-hybridized carbons (Fsp3) is 0.538. The third-order valence-electron chi connectivity index (χ3n) is 3.11. The van der Waals surface area contributed by atoms with Crippen molar-refractivity contribution in [2.24, 2.45) is 0 Å². The summed E-state index contributed by atoms with van der Waals surface area (Å²) in [5, 5.41) is 0. The van der Waals surface area contributed by atoms with Gasteiger partial charge in [0.15, 0.2) is 5.69 Å². The summed E-state index contributed by atoms with van der Waals surface area (Å²) in [4.78, 5) is 15.8. The number of nitrogen functional groups attached to an aromatic ring is 1. The lowest BCUT2D eigenvalue weighted by atomic mass is 10.1. The van der Waals surface area contributed by atoms with E-state index >= 15 is 0 Å². The lowest BCUT2D eigenvalue weighted by Gasteiger charge is -2.15. The third kappa shape index (κ3) is 3.19. The monoisotopic (exact) mass is 234 g/mol. The topological polar surface area (TPSA) is 65.2 Å². The molecule has 0 bridgehead atoms. The zero-order valence-electron chi connectivity index (χ0n) is 9.89. The molecule has 0 radical (unpaired) electrons. The first-order valence-corrected chi connectivity index (χ1v) is 6.19. The molecule has 92 valence electrons. The average Bonchev–Trinajstić information content (AvgIpc) is 2.58. The molecule has 1 aromatic heterocycles. The standard InChI is InChI=1S/C13H18N2O2/c14-11-8-5-9-15-12(11)13(16)17-10-6-3-1-2-4-7-10/h5,8-10H,1-4,6-7,14H2. The minimum Gasteiger partial charge on any atom is -0.458 e. The van der Waals surface area contributed by atoms with Gasteiger partial charge in [0.1, 0.15) is 6.10 Å². The Morgan fingerprint density at radius 3 is 2.65 bits per heavy atom. The van der Waals surface area contributed by atoms with Crippen molar-refractivity contribution in [1.29, 1.82) is 0 Å². The molecule has 1 heterocycles. The van der Waals surface area contributed by atoms with E-state index in [9.17, 15) is 4.79 Å². The Bertz CT molecular complexity index is 385. The number of hydrogen-bond donors (Lipinski definition) is 1. The van der Waals surface area contributed by atoms with Gasteiger partial charge in [-0.1, -0.05) is 12.8 Å². The predicted octanol–water partition coefficient (Wildman–Crippen LogP) is 2.54. The maximum Gasteiger partial charge on any atom is 0.359 e. The summed E-state index contributed by atoms with van der Waals surface area (Å²) in [6.45, 7) is 0. The number of ether oxygens (including phenoxy) is 1. The molecule has 17 heavy (non-hydrogen) atoms. The van der Waals surface area contributed by atoms with Crippen LogP contribution in [0.1, 0.15) is 49.0 Å². The molecule has 0 saturated heterocycles. The number of rotatable bonds is 2. The zero-order valence-corrected chi connectivity index (χ0v) is 9.89. The highest BCUT2D eigenvalue weighted by atomic mass is 16.5. The van der Waals surface area contributed by atoms with E-state index in [-0.39, 0.29) is 11.8 Å². The first-order valence-electron chi connectivity index (χ1n) is 6.19. The molecule has 0 spiro atoms. The van der Waals surface area contributed by atoms with Crippen LogP contribution >= 0.6 is 0 Å². The van der Waals surface area contributed by atoms with Gasteiger partial charge in [0, 0.05) is 6.20 Å². The highest BCUT2D eigenvalue weighted by Crippen LogP contribution is 2.21. The van der Waals surface area contributed by atoms with E-state index < -0.39 is 5.97 Å². The van der Waals surface area contributed by atoms with Crippen LogP contribution in [0.3, 0.4) is 0 Å². The molecule has 1 aromatic rings. The van der Waals surface area contributed by atoms with Gasteiger partial charge in [0.2, 0.25) is 0 Å². The number of pyridine rings is 1. The Balaban J connectivity index is 1.98. The highest BCUT2D eigenvalue weighted by molar-refractivity contribution is 5.92. The van der Waals surface area contributed by atoms with Crippen LogP contribution in [0.4, 0.5) is 5.69 Å². The molecular formula is C13H18N2O2. The number of carbonyl (C=O) groups excluding carboxylic acids is 1. The normalized spacial score (nSPS) is 17.4. The zero-order chi connectivity index (χ0) is 12.1. The summed E-state index contributed by atoms with van der Waals surface area (Å²) in [5.74, 6) is -0.394. The number of aromatic nitrogens is 1. The quantitative estimate of drug-likeness (QED) is 0.631. The molecule has 4 heteroatoms. The van der Waals surface area contributed by atoms with Crippen LogP contribution in [-0.2, 0) is 4.74 Å². The summed E-state index contributed by atoms with van der Waals surface area (Å²) in [6, 6.07) is 3.37. The van der Waals surface area contributed by atoms with Crippen LogP contribution in [0.2, 0.25) is 0 Å². The summed E-state index contributed by atoms with van der Waals surface area (Å²) in [6.07, 6.45) is 8.24. The van der Waals surface area contributed by atoms with Gasteiger partial charge in [0.25, 0.3) is 0 Å². The van der Waals surface area contributed by atoms with Gasteiger partial charge in [-0.05, 0) is 37.8 Å². The van der Waals surface area contributed by atoms with E-state index in [2.05, 4.69) is 4.98 Å². The average molecular weight is 234 g/mol. The van der Waals surface area contributed by atoms with E-state index in [0.717, 1.165) is 25.7 Å². The van der Waals surface area contributed by atoms with Crippen molar-refractivity contribution in [3.05, 3.63) is 24.0 Å². The summed E-state index contributed by atoms with van der Waals surface area (Å²) >= 11 is 0. The van der Waals surface area contributed by atoms with Crippen LogP contribution in [-0.4, -0.2) is 17.1 Å². The second kappa shape index (κ2) is 5.66. The molecule has 0 unspecified atom stereocenters. The van der Waals surface area contributed by atoms with Crippen LogP contribution in [0.5, 0.6) is 0 Å². The van der Waals surface area contributed by atoms with Crippen LogP contribution in [0.25, 0.3) is 0 Å². The van der Waals surface area contributed by atoms with Gasteiger partial charge in [-0.25, -0.2) is 9.78 Å². The van der Waals surface area contributed by atoms with E-state index in [4.69, 9.17) is 10.5 Å². The van der Waals surface area contributed by atoms with Gasteiger partial charge < -0.3 is 10.5 Å². The SMILES string of the molecule is Nc1cccnc1C(=O)OC1CCCCCC1. The van der Waals surface area contributed by atoms with Crippen molar-refractivity contribution in [1.82, 2.24) is 4.98 Å². The van der Waals surface area contributed by atoms with Gasteiger partial charge in [0.05, 0.1) is 5.69 Å². The van der Waals surface area contributed by atoms with E-state index in [1.54, 1.807) is 18.3 Å². The fourth-order valence-corrected chi connectivity index (χ4v) is 2.16. The third-order valence-corrected chi connectivity index (χ3v) is 3.11. The molecule has 2 rings (SSSR count). The molecule has 2 N–H and O–H groups in total.